The van der Waals surface area contributed by atoms with E-state index in [2.05, 4.69) is 9.97 Å². The van der Waals surface area contributed by atoms with Gasteiger partial charge in [-0.3, -0.25) is 9.59 Å². The summed E-state index contributed by atoms with van der Waals surface area (Å²) in [6.45, 7) is 0.540. The molecular weight excluding hydrogens is 352 g/mol. The summed E-state index contributed by atoms with van der Waals surface area (Å²) in [7, 11) is 0. The van der Waals surface area contributed by atoms with Crippen molar-refractivity contribution in [1.29, 1.82) is 0 Å². The Morgan fingerprint density at radius 2 is 1.74 bits per heavy atom. The second-order valence-corrected chi connectivity index (χ2v) is 6.08. The van der Waals surface area contributed by atoms with Gasteiger partial charge in [0.05, 0.1) is 17.5 Å². The number of aromatic nitrogens is 2. The molecule has 3 aromatic rings. The van der Waals surface area contributed by atoms with Crippen molar-refractivity contribution >= 4 is 22.8 Å². The standard InChI is InChI=1S/C19H16N2O6/c22-15(12-2-4-16-17(9-12)26-6-5-25-16)10-27-18(23)8-11-1-3-13-14(7-11)21-19(24)20-13/h1-4,7,9H,5-6,8,10H2,(H2,20,21,24). The van der Waals surface area contributed by atoms with E-state index in [4.69, 9.17) is 14.2 Å². The number of ether oxygens (including phenoxy) is 3. The van der Waals surface area contributed by atoms with E-state index in [1.807, 2.05) is 0 Å². The number of imidazole rings is 1. The van der Waals surface area contributed by atoms with Gasteiger partial charge in [0.15, 0.2) is 23.9 Å². The molecule has 0 radical (unpaired) electrons. The summed E-state index contributed by atoms with van der Waals surface area (Å²) in [5.41, 5.74) is 2.02. The number of esters is 1. The number of carbonyl (C=O) groups is 2. The van der Waals surface area contributed by atoms with Gasteiger partial charge < -0.3 is 24.2 Å². The van der Waals surface area contributed by atoms with Gasteiger partial charge in [0.25, 0.3) is 0 Å². The van der Waals surface area contributed by atoms with Crippen molar-refractivity contribution in [2.75, 3.05) is 19.8 Å². The molecule has 8 nitrogen and oxygen atoms in total. The van der Waals surface area contributed by atoms with Crippen molar-refractivity contribution in [3.63, 3.8) is 0 Å². The van der Waals surface area contributed by atoms with Crippen molar-refractivity contribution < 1.29 is 23.8 Å². The molecule has 138 valence electrons. The number of nitrogens with one attached hydrogen (secondary N) is 2. The van der Waals surface area contributed by atoms with Gasteiger partial charge in [0.2, 0.25) is 0 Å². The smallest absolute Gasteiger partial charge is 0.323 e. The first kappa shape index (κ1) is 16.9. The van der Waals surface area contributed by atoms with Crippen LogP contribution in [0.2, 0.25) is 0 Å². The van der Waals surface area contributed by atoms with Crippen LogP contribution in [-0.2, 0) is 16.0 Å². The first-order valence-corrected chi connectivity index (χ1v) is 8.38. The molecule has 4 rings (SSSR count). The van der Waals surface area contributed by atoms with Crippen molar-refractivity contribution in [2.45, 2.75) is 6.42 Å². The van der Waals surface area contributed by atoms with E-state index < -0.39 is 5.97 Å². The fraction of sp³-hybridized carbons (Fsp3) is 0.211. The molecule has 0 aliphatic carbocycles. The molecule has 8 heteroatoms. The Kier molecular flexibility index (Phi) is 4.37. The molecule has 0 saturated carbocycles. The van der Waals surface area contributed by atoms with Crippen molar-refractivity contribution in [3.05, 3.63) is 58.0 Å². The summed E-state index contributed by atoms with van der Waals surface area (Å²) in [5.74, 6) is 0.240. The Morgan fingerprint density at radius 1 is 0.963 bits per heavy atom. The van der Waals surface area contributed by atoms with Crippen LogP contribution in [0.3, 0.4) is 0 Å². The highest BCUT2D eigenvalue weighted by atomic mass is 16.6. The zero-order valence-electron chi connectivity index (χ0n) is 14.2. The largest absolute Gasteiger partial charge is 0.486 e. The minimum atomic E-state index is -0.530. The summed E-state index contributed by atoms with van der Waals surface area (Å²) in [6, 6.07) is 9.97. The third-order valence-electron chi connectivity index (χ3n) is 4.16. The average molecular weight is 368 g/mol. The Bertz CT molecular complexity index is 1080. The fourth-order valence-electron chi connectivity index (χ4n) is 2.85. The Balaban J connectivity index is 1.36. The van der Waals surface area contributed by atoms with Crippen LogP contribution in [0.15, 0.2) is 41.2 Å². The average Bonchev–Trinajstić information content (AvgIpc) is 3.05. The van der Waals surface area contributed by atoms with Gasteiger partial charge in [0.1, 0.15) is 13.2 Å². The highest BCUT2D eigenvalue weighted by molar-refractivity contribution is 5.98. The predicted molar refractivity (Wildman–Crippen MR) is 95.3 cm³/mol. The molecule has 0 atom stereocenters. The van der Waals surface area contributed by atoms with Gasteiger partial charge in [0, 0.05) is 5.56 Å². The number of ketones is 1. The van der Waals surface area contributed by atoms with Crippen LogP contribution in [0.4, 0.5) is 0 Å². The molecular formula is C19H16N2O6. The topological polar surface area (TPSA) is 110 Å². The SMILES string of the molecule is O=C(Cc1ccc2[nH]c(=O)[nH]c2c1)OCC(=O)c1ccc2c(c1)OCCO2. The summed E-state index contributed by atoms with van der Waals surface area (Å²) in [6.07, 6.45) is -0.00241. The zero-order chi connectivity index (χ0) is 18.8. The lowest BCUT2D eigenvalue weighted by molar-refractivity contribution is -0.141. The highest BCUT2D eigenvalue weighted by Crippen LogP contribution is 2.30. The van der Waals surface area contributed by atoms with Gasteiger partial charge in [-0.1, -0.05) is 6.07 Å². The lowest BCUT2D eigenvalue weighted by atomic mass is 10.1. The van der Waals surface area contributed by atoms with Crippen molar-refractivity contribution in [3.8, 4) is 11.5 Å². The van der Waals surface area contributed by atoms with Crippen LogP contribution in [0.1, 0.15) is 15.9 Å². The number of rotatable bonds is 5. The third kappa shape index (κ3) is 3.69. The van der Waals surface area contributed by atoms with Crippen LogP contribution in [0.5, 0.6) is 11.5 Å². The van der Waals surface area contributed by atoms with E-state index in [-0.39, 0.29) is 24.5 Å². The molecule has 1 aliphatic heterocycles. The molecule has 0 amide bonds. The zero-order valence-corrected chi connectivity index (χ0v) is 14.2. The number of H-pyrrole nitrogens is 2. The molecule has 2 heterocycles. The van der Waals surface area contributed by atoms with Crippen LogP contribution in [0, 0.1) is 0 Å². The molecule has 2 aromatic carbocycles. The number of Topliss-reactive ketones (excluding diaryl/α,β-unsaturated/α-hetero) is 1. The lowest BCUT2D eigenvalue weighted by Crippen LogP contribution is -2.18. The van der Waals surface area contributed by atoms with E-state index in [0.717, 1.165) is 0 Å². The van der Waals surface area contributed by atoms with Gasteiger partial charge >= 0.3 is 11.7 Å². The first-order chi connectivity index (χ1) is 13.1. The molecule has 0 fully saturated rings. The molecule has 1 aromatic heterocycles. The third-order valence-corrected chi connectivity index (χ3v) is 4.16. The van der Waals surface area contributed by atoms with E-state index in [0.29, 0.717) is 46.9 Å². The second kappa shape index (κ2) is 6.99. The number of aromatic amines is 2. The molecule has 0 saturated heterocycles. The van der Waals surface area contributed by atoms with Crippen molar-refractivity contribution in [2.24, 2.45) is 0 Å². The van der Waals surface area contributed by atoms with Crippen LogP contribution in [0.25, 0.3) is 11.0 Å². The van der Waals surface area contributed by atoms with E-state index in [1.54, 1.807) is 36.4 Å². The molecule has 1 aliphatic rings. The van der Waals surface area contributed by atoms with Crippen molar-refractivity contribution in [1.82, 2.24) is 9.97 Å². The maximum Gasteiger partial charge on any atom is 0.323 e. The van der Waals surface area contributed by atoms with Crippen LogP contribution >= 0.6 is 0 Å². The summed E-state index contributed by atoms with van der Waals surface area (Å²) >= 11 is 0. The minimum Gasteiger partial charge on any atom is -0.486 e. The molecule has 0 spiro atoms. The molecule has 27 heavy (non-hydrogen) atoms. The van der Waals surface area contributed by atoms with Gasteiger partial charge in [-0.05, 0) is 35.9 Å². The van der Waals surface area contributed by atoms with E-state index >= 15 is 0 Å². The normalized spacial score (nSPS) is 12.7. The molecule has 0 bridgehead atoms. The molecule has 0 unspecified atom stereocenters. The summed E-state index contributed by atoms with van der Waals surface area (Å²) < 4.78 is 15.9. The summed E-state index contributed by atoms with van der Waals surface area (Å²) in [4.78, 5) is 40.8. The number of carbonyl (C=O) groups excluding carboxylic acids is 2. The van der Waals surface area contributed by atoms with Crippen LogP contribution < -0.4 is 15.2 Å². The van der Waals surface area contributed by atoms with Gasteiger partial charge in [-0.15, -0.1) is 0 Å². The first-order valence-electron chi connectivity index (χ1n) is 8.38. The number of benzene rings is 2. The monoisotopic (exact) mass is 368 g/mol. The predicted octanol–water partition coefficient (Wildman–Crippen LogP) is 1.60. The number of hydrogen-bond acceptors (Lipinski definition) is 6. The second-order valence-electron chi connectivity index (χ2n) is 6.08. The van der Waals surface area contributed by atoms with Gasteiger partial charge in [-0.25, -0.2) is 4.79 Å². The molecule has 2 N–H and O–H groups in total. The number of fused-ring (bicyclic) bond motifs is 2. The van der Waals surface area contributed by atoms with Crippen LogP contribution in [-0.4, -0.2) is 41.5 Å². The maximum atomic E-state index is 12.2. The maximum absolute atomic E-state index is 12.2. The Morgan fingerprint density at radius 3 is 2.59 bits per heavy atom. The quantitative estimate of drug-likeness (QED) is 0.523. The fourth-order valence-corrected chi connectivity index (χ4v) is 2.85. The van der Waals surface area contributed by atoms with E-state index in [9.17, 15) is 14.4 Å². The lowest BCUT2D eigenvalue weighted by Gasteiger charge is -2.18. The Hall–Kier alpha value is -3.55. The summed E-state index contributed by atoms with van der Waals surface area (Å²) in [5, 5.41) is 0. The van der Waals surface area contributed by atoms with E-state index in [1.165, 1.54) is 0 Å². The van der Waals surface area contributed by atoms with Gasteiger partial charge in [-0.2, -0.15) is 0 Å². The Labute approximate surface area is 153 Å². The number of hydrogen-bond donors (Lipinski definition) is 2. The highest BCUT2D eigenvalue weighted by Gasteiger charge is 2.16. The minimum absolute atomic E-state index is 0.00241.